The molecule has 0 fully saturated rings. The van der Waals surface area contributed by atoms with Crippen LogP contribution < -0.4 is 0 Å². The van der Waals surface area contributed by atoms with Crippen LogP contribution in [0.4, 0.5) is 17.6 Å². The van der Waals surface area contributed by atoms with Crippen LogP contribution in [0, 0.1) is 0 Å². The Morgan fingerprint density at radius 3 is 2.06 bits per heavy atom. The predicted molar refractivity (Wildman–Crippen MR) is 52.6 cm³/mol. The second-order valence-electron chi connectivity index (χ2n) is 3.29. The van der Waals surface area contributed by atoms with Gasteiger partial charge in [-0.25, -0.2) is 4.39 Å². The summed E-state index contributed by atoms with van der Waals surface area (Å²) in [4.78, 5) is 12.8. The van der Waals surface area contributed by atoms with Crippen molar-refractivity contribution in [3.63, 3.8) is 0 Å². The van der Waals surface area contributed by atoms with Gasteiger partial charge in [0, 0.05) is 25.1 Å². The maximum atomic E-state index is 12.6. The summed E-state index contributed by atoms with van der Waals surface area (Å²) in [5, 5.41) is 0. The molecular weight excluding hydrogens is 226 g/mol. The Kier molecular flexibility index (Phi) is 5.47. The first-order valence-corrected chi connectivity index (χ1v) is 4.91. The molecule has 1 amide bonds. The minimum atomic E-state index is -4.94. The van der Waals surface area contributed by atoms with E-state index in [1.54, 1.807) is 13.8 Å². The van der Waals surface area contributed by atoms with Crippen LogP contribution in [0.25, 0.3) is 0 Å². The van der Waals surface area contributed by atoms with Crippen molar-refractivity contribution in [1.29, 1.82) is 0 Å². The second-order valence-corrected chi connectivity index (χ2v) is 3.29. The minimum absolute atomic E-state index is 0.353. The standard InChI is InChI=1S/C10H15F4NO/c1-4-15(5-2)9(16)7(3)6-8(11)10(12,13)14/h8H,3-6H2,1-2H3. The maximum Gasteiger partial charge on any atom is 0.419 e. The van der Waals surface area contributed by atoms with E-state index in [-0.39, 0.29) is 5.57 Å². The zero-order chi connectivity index (χ0) is 12.9. The first-order chi connectivity index (χ1) is 7.23. The molecule has 0 bridgehead atoms. The SMILES string of the molecule is C=C(CC(F)C(F)(F)F)C(=O)N(CC)CC. The van der Waals surface area contributed by atoms with Crippen molar-refractivity contribution in [2.75, 3.05) is 13.1 Å². The summed E-state index contributed by atoms with van der Waals surface area (Å²) in [6, 6.07) is 0. The number of rotatable bonds is 5. The molecule has 16 heavy (non-hydrogen) atoms. The Morgan fingerprint density at radius 2 is 1.75 bits per heavy atom. The lowest BCUT2D eigenvalue weighted by atomic mass is 10.1. The van der Waals surface area contributed by atoms with Gasteiger partial charge in [-0.3, -0.25) is 4.79 Å². The van der Waals surface area contributed by atoms with Crippen LogP contribution in [0.3, 0.4) is 0 Å². The lowest BCUT2D eigenvalue weighted by Crippen LogP contribution is -2.34. The summed E-state index contributed by atoms with van der Waals surface area (Å²) in [6.07, 6.45) is -8.97. The molecule has 0 N–H and O–H groups in total. The molecule has 0 saturated heterocycles. The third-order valence-electron chi connectivity index (χ3n) is 2.13. The lowest BCUT2D eigenvalue weighted by Gasteiger charge is -2.21. The normalized spacial score (nSPS) is 13.4. The number of likely N-dealkylation sites (N-methyl/N-ethyl adjacent to an activating group) is 1. The first-order valence-electron chi connectivity index (χ1n) is 4.91. The van der Waals surface area contributed by atoms with Gasteiger partial charge < -0.3 is 4.90 Å². The summed E-state index contributed by atoms with van der Waals surface area (Å²) >= 11 is 0. The quantitative estimate of drug-likeness (QED) is 0.535. The summed E-state index contributed by atoms with van der Waals surface area (Å²) in [5.74, 6) is -0.628. The molecule has 2 nitrogen and oxygen atoms in total. The Balaban J connectivity index is 4.42. The molecule has 0 spiro atoms. The highest BCUT2D eigenvalue weighted by Gasteiger charge is 2.41. The molecule has 0 aromatic heterocycles. The molecule has 0 aliphatic rings. The van der Waals surface area contributed by atoms with Gasteiger partial charge in [0.2, 0.25) is 5.91 Å². The van der Waals surface area contributed by atoms with E-state index in [0.717, 1.165) is 0 Å². The van der Waals surface area contributed by atoms with Crippen LogP contribution in [-0.4, -0.2) is 36.2 Å². The predicted octanol–water partition coefficient (Wildman–Crippen LogP) is 2.70. The lowest BCUT2D eigenvalue weighted by molar-refractivity contribution is -0.180. The molecule has 0 saturated carbocycles. The molecule has 0 aliphatic heterocycles. The summed E-state index contributed by atoms with van der Waals surface area (Å²) in [5.41, 5.74) is -0.353. The van der Waals surface area contributed by atoms with Gasteiger partial charge in [0.1, 0.15) is 0 Å². The average Bonchev–Trinajstić information content (AvgIpc) is 2.17. The van der Waals surface area contributed by atoms with E-state index in [1.165, 1.54) is 4.90 Å². The number of nitrogens with zero attached hydrogens (tertiary/aromatic N) is 1. The van der Waals surface area contributed by atoms with E-state index in [4.69, 9.17) is 0 Å². The molecule has 0 heterocycles. The molecule has 94 valence electrons. The Hall–Kier alpha value is -1.07. The van der Waals surface area contributed by atoms with Gasteiger partial charge in [-0.2, -0.15) is 13.2 Å². The molecule has 6 heteroatoms. The van der Waals surface area contributed by atoms with E-state index < -0.39 is 24.7 Å². The molecule has 0 rings (SSSR count). The highest BCUT2D eigenvalue weighted by molar-refractivity contribution is 5.92. The van der Waals surface area contributed by atoms with Crippen LogP contribution in [0.5, 0.6) is 0 Å². The number of carbonyl (C=O) groups excluding carboxylic acids is 1. The van der Waals surface area contributed by atoms with Gasteiger partial charge in [-0.15, -0.1) is 0 Å². The van der Waals surface area contributed by atoms with Crippen LogP contribution in [0.1, 0.15) is 20.3 Å². The van der Waals surface area contributed by atoms with Crippen LogP contribution in [0.2, 0.25) is 0 Å². The van der Waals surface area contributed by atoms with E-state index in [0.29, 0.717) is 13.1 Å². The highest BCUT2D eigenvalue weighted by Crippen LogP contribution is 2.27. The third-order valence-corrected chi connectivity index (χ3v) is 2.13. The molecule has 0 aromatic rings. The monoisotopic (exact) mass is 241 g/mol. The second kappa shape index (κ2) is 5.86. The Bertz CT molecular complexity index is 258. The Morgan fingerprint density at radius 1 is 1.31 bits per heavy atom. The van der Waals surface area contributed by atoms with Crippen LogP contribution >= 0.6 is 0 Å². The first kappa shape index (κ1) is 14.9. The van der Waals surface area contributed by atoms with E-state index in [2.05, 4.69) is 6.58 Å². The summed E-state index contributed by atoms with van der Waals surface area (Å²) in [6.45, 7) is 7.28. The van der Waals surface area contributed by atoms with Gasteiger partial charge in [0.25, 0.3) is 0 Å². The van der Waals surface area contributed by atoms with Gasteiger partial charge in [0.15, 0.2) is 6.17 Å². The molecule has 1 atom stereocenters. The van der Waals surface area contributed by atoms with Crippen molar-refractivity contribution < 1.29 is 22.4 Å². The van der Waals surface area contributed by atoms with Crippen molar-refractivity contribution in [1.82, 2.24) is 4.90 Å². The van der Waals surface area contributed by atoms with Gasteiger partial charge in [-0.05, 0) is 13.8 Å². The van der Waals surface area contributed by atoms with Crippen molar-refractivity contribution >= 4 is 5.91 Å². The van der Waals surface area contributed by atoms with E-state index in [1.807, 2.05) is 0 Å². The van der Waals surface area contributed by atoms with Crippen LogP contribution in [-0.2, 0) is 4.79 Å². The number of alkyl halides is 4. The number of carbonyl (C=O) groups is 1. The smallest absolute Gasteiger partial charge is 0.340 e. The van der Waals surface area contributed by atoms with Crippen molar-refractivity contribution in [2.45, 2.75) is 32.6 Å². The largest absolute Gasteiger partial charge is 0.419 e. The van der Waals surface area contributed by atoms with Gasteiger partial charge in [0.05, 0.1) is 0 Å². The number of halogens is 4. The highest BCUT2D eigenvalue weighted by atomic mass is 19.4. The van der Waals surface area contributed by atoms with Crippen molar-refractivity contribution in [3.05, 3.63) is 12.2 Å². The minimum Gasteiger partial charge on any atom is -0.340 e. The van der Waals surface area contributed by atoms with Crippen molar-refractivity contribution in [3.8, 4) is 0 Å². The number of amides is 1. The zero-order valence-corrected chi connectivity index (χ0v) is 9.27. The fraction of sp³-hybridized carbons (Fsp3) is 0.700. The molecular formula is C10H15F4NO. The molecule has 1 unspecified atom stereocenters. The maximum absolute atomic E-state index is 12.6. The van der Waals surface area contributed by atoms with Gasteiger partial charge in [-0.1, -0.05) is 6.58 Å². The fourth-order valence-electron chi connectivity index (χ4n) is 1.15. The molecule has 0 aromatic carbocycles. The average molecular weight is 241 g/mol. The van der Waals surface area contributed by atoms with Gasteiger partial charge >= 0.3 is 6.18 Å². The van der Waals surface area contributed by atoms with E-state index >= 15 is 0 Å². The molecule has 0 radical (unpaired) electrons. The number of hydrogen-bond acceptors (Lipinski definition) is 1. The molecule has 0 aliphatic carbocycles. The fourth-order valence-corrected chi connectivity index (χ4v) is 1.15. The summed E-state index contributed by atoms with van der Waals surface area (Å²) < 4.78 is 48.3. The van der Waals surface area contributed by atoms with Crippen molar-refractivity contribution in [2.24, 2.45) is 0 Å². The zero-order valence-electron chi connectivity index (χ0n) is 9.27. The Labute approximate surface area is 91.9 Å². The third kappa shape index (κ3) is 4.20. The van der Waals surface area contributed by atoms with E-state index in [9.17, 15) is 22.4 Å². The summed E-state index contributed by atoms with van der Waals surface area (Å²) in [7, 11) is 0. The number of hydrogen-bond donors (Lipinski definition) is 0. The van der Waals surface area contributed by atoms with Crippen LogP contribution in [0.15, 0.2) is 12.2 Å². The topological polar surface area (TPSA) is 20.3 Å².